The zero-order valence-electron chi connectivity index (χ0n) is 9.85. The van der Waals surface area contributed by atoms with Crippen molar-refractivity contribution in [3.05, 3.63) is 5.82 Å². The van der Waals surface area contributed by atoms with E-state index in [1.54, 1.807) is 0 Å². The maximum atomic E-state index is 5.85. The Labute approximate surface area is 101 Å². The van der Waals surface area contributed by atoms with Gasteiger partial charge < -0.3 is 10.6 Å². The van der Waals surface area contributed by atoms with Gasteiger partial charge in [0.05, 0.1) is 0 Å². The van der Waals surface area contributed by atoms with Crippen LogP contribution in [-0.2, 0) is 6.42 Å². The van der Waals surface area contributed by atoms with Crippen molar-refractivity contribution in [3.63, 3.8) is 0 Å². The molecule has 0 spiro atoms. The lowest BCUT2D eigenvalue weighted by Gasteiger charge is -2.28. The van der Waals surface area contributed by atoms with Gasteiger partial charge in [-0.1, -0.05) is 19.8 Å². The van der Waals surface area contributed by atoms with Crippen molar-refractivity contribution in [2.24, 2.45) is 5.73 Å². The zero-order valence-corrected chi connectivity index (χ0v) is 10.7. The molecule has 90 valence electrons. The van der Waals surface area contributed by atoms with Gasteiger partial charge in [-0.2, -0.15) is 4.37 Å². The molecule has 1 aliphatic rings. The number of aryl methyl sites for hydroxylation is 1. The molecule has 2 heterocycles. The minimum atomic E-state index is 0.458. The molecular weight excluding hydrogens is 220 g/mol. The van der Waals surface area contributed by atoms with Gasteiger partial charge in [-0.05, 0) is 12.8 Å². The highest BCUT2D eigenvalue weighted by Gasteiger charge is 2.22. The van der Waals surface area contributed by atoms with E-state index in [-0.39, 0.29) is 0 Å². The van der Waals surface area contributed by atoms with Gasteiger partial charge in [0, 0.05) is 37.1 Å². The normalized spacial score (nSPS) is 22.1. The van der Waals surface area contributed by atoms with Gasteiger partial charge in [-0.3, -0.25) is 0 Å². The van der Waals surface area contributed by atoms with Crippen molar-refractivity contribution in [2.75, 3.05) is 18.0 Å². The van der Waals surface area contributed by atoms with Gasteiger partial charge in [-0.15, -0.1) is 0 Å². The molecule has 2 rings (SSSR count). The molecule has 2 N–H and O–H groups in total. The number of hydrogen-bond donors (Lipinski definition) is 1. The van der Waals surface area contributed by atoms with Gasteiger partial charge in [0.15, 0.2) is 0 Å². The second-order valence-electron chi connectivity index (χ2n) is 4.28. The van der Waals surface area contributed by atoms with Gasteiger partial charge in [0.2, 0.25) is 5.13 Å². The molecule has 1 atom stereocenters. The monoisotopic (exact) mass is 240 g/mol. The van der Waals surface area contributed by atoms with Crippen LogP contribution in [0.2, 0.25) is 0 Å². The second-order valence-corrected chi connectivity index (χ2v) is 5.01. The van der Waals surface area contributed by atoms with Crippen LogP contribution in [0, 0.1) is 0 Å². The highest BCUT2D eigenvalue weighted by Crippen LogP contribution is 2.25. The summed E-state index contributed by atoms with van der Waals surface area (Å²) >= 11 is 1.52. The summed E-state index contributed by atoms with van der Waals surface area (Å²) in [5, 5.41) is 1.06. The fraction of sp³-hybridized carbons (Fsp3) is 0.818. The molecule has 0 radical (unpaired) electrons. The molecular formula is C11H20N4S. The van der Waals surface area contributed by atoms with Gasteiger partial charge in [0.25, 0.3) is 0 Å². The number of nitrogens with zero attached hydrogens (tertiary/aromatic N) is 3. The summed E-state index contributed by atoms with van der Waals surface area (Å²) in [4.78, 5) is 6.93. The fourth-order valence-corrected chi connectivity index (χ4v) is 3.03. The molecule has 0 aliphatic carbocycles. The lowest BCUT2D eigenvalue weighted by Crippen LogP contribution is -2.40. The Kier molecular flexibility index (Phi) is 4.12. The molecule has 1 saturated heterocycles. The third kappa shape index (κ3) is 2.52. The van der Waals surface area contributed by atoms with Crippen LogP contribution in [0.15, 0.2) is 0 Å². The van der Waals surface area contributed by atoms with Crippen molar-refractivity contribution < 1.29 is 0 Å². The molecule has 1 aromatic heterocycles. The van der Waals surface area contributed by atoms with Crippen molar-refractivity contribution >= 4 is 16.7 Å². The van der Waals surface area contributed by atoms with Crippen LogP contribution < -0.4 is 10.6 Å². The minimum absolute atomic E-state index is 0.458. The Morgan fingerprint density at radius 2 is 2.31 bits per heavy atom. The number of aromatic nitrogens is 2. The Hall–Kier alpha value is -0.680. The minimum Gasteiger partial charge on any atom is -0.343 e. The Bertz CT molecular complexity index is 326. The van der Waals surface area contributed by atoms with Crippen LogP contribution in [0.5, 0.6) is 0 Å². The quantitative estimate of drug-likeness (QED) is 0.875. The van der Waals surface area contributed by atoms with Crippen LogP contribution in [0.3, 0.4) is 0 Å². The third-order valence-electron chi connectivity index (χ3n) is 3.17. The fourth-order valence-electron chi connectivity index (χ4n) is 2.18. The first-order chi connectivity index (χ1) is 7.85. The van der Waals surface area contributed by atoms with Crippen LogP contribution >= 0.6 is 11.5 Å². The predicted octanol–water partition coefficient (Wildman–Crippen LogP) is 1.81. The summed E-state index contributed by atoms with van der Waals surface area (Å²) in [6.07, 6.45) is 5.96. The molecule has 5 heteroatoms. The van der Waals surface area contributed by atoms with Gasteiger partial charge in [-0.25, -0.2) is 4.98 Å². The molecule has 1 fully saturated rings. The molecule has 4 nitrogen and oxygen atoms in total. The molecule has 0 saturated carbocycles. The number of anilines is 1. The smallest absolute Gasteiger partial charge is 0.205 e. The number of hydrogen-bond acceptors (Lipinski definition) is 5. The zero-order chi connectivity index (χ0) is 11.4. The Balaban J connectivity index is 2.14. The average Bonchev–Trinajstić information content (AvgIpc) is 2.66. The maximum Gasteiger partial charge on any atom is 0.205 e. The lowest BCUT2D eigenvalue weighted by molar-refractivity contribution is 0.579. The Morgan fingerprint density at radius 3 is 3.00 bits per heavy atom. The first-order valence-electron chi connectivity index (χ1n) is 6.14. The van der Waals surface area contributed by atoms with E-state index in [2.05, 4.69) is 21.2 Å². The first-order valence-corrected chi connectivity index (χ1v) is 6.91. The van der Waals surface area contributed by atoms with Crippen LogP contribution in [0.1, 0.15) is 38.4 Å². The average molecular weight is 240 g/mol. The number of rotatable bonds is 3. The summed E-state index contributed by atoms with van der Waals surface area (Å²) in [7, 11) is 0. The Morgan fingerprint density at radius 1 is 1.44 bits per heavy atom. The summed E-state index contributed by atoms with van der Waals surface area (Å²) in [6.45, 7) is 3.90. The van der Waals surface area contributed by atoms with E-state index in [0.29, 0.717) is 6.04 Å². The van der Waals surface area contributed by atoms with E-state index in [9.17, 15) is 0 Å². The largest absolute Gasteiger partial charge is 0.343 e. The molecule has 1 unspecified atom stereocenters. The summed E-state index contributed by atoms with van der Waals surface area (Å²) in [5.74, 6) is 0.958. The van der Waals surface area contributed by atoms with Crippen molar-refractivity contribution in [2.45, 2.75) is 45.1 Å². The highest BCUT2D eigenvalue weighted by atomic mass is 32.1. The second kappa shape index (κ2) is 5.59. The lowest BCUT2D eigenvalue weighted by atomic mass is 10.1. The molecule has 0 bridgehead atoms. The van der Waals surface area contributed by atoms with E-state index in [0.717, 1.165) is 30.5 Å². The van der Waals surface area contributed by atoms with Crippen molar-refractivity contribution in [1.82, 2.24) is 9.36 Å². The standard InChI is InChI=1S/C11H20N4S/c1-2-10-13-11(16-14-10)15-7-5-3-4-6-9(15)8-12/h9H,2-8,12H2,1H3. The molecule has 1 aliphatic heterocycles. The van der Waals surface area contributed by atoms with Crippen LogP contribution in [-0.4, -0.2) is 28.5 Å². The third-order valence-corrected chi connectivity index (χ3v) is 3.96. The van der Waals surface area contributed by atoms with Crippen molar-refractivity contribution in [3.8, 4) is 0 Å². The predicted molar refractivity (Wildman–Crippen MR) is 67.9 cm³/mol. The topological polar surface area (TPSA) is 55.0 Å². The van der Waals surface area contributed by atoms with Crippen molar-refractivity contribution in [1.29, 1.82) is 0 Å². The SMILES string of the molecule is CCc1nsc(N2CCCCCC2CN)n1. The van der Waals surface area contributed by atoms with Crippen LogP contribution in [0.25, 0.3) is 0 Å². The number of nitrogens with two attached hydrogens (primary N) is 1. The van der Waals surface area contributed by atoms with E-state index in [1.165, 1.54) is 37.2 Å². The first kappa shape index (κ1) is 11.8. The summed E-state index contributed by atoms with van der Waals surface area (Å²) < 4.78 is 4.36. The molecule has 0 amide bonds. The van der Waals surface area contributed by atoms with E-state index in [4.69, 9.17) is 5.73 Å². The summed E-state index contributed by atoms with van der Waals surface area (Å²) in [5.41, 5.74) is 5.85. The molecule has 16 heavy (non-hydrogen) atoms. The van der Waals surface area contributed by atoms with E-state index < -0.39 is 0 Å². The van der Waals surface area contributed by atoms with Crippen LogP contribution in [0.4, 0.5) is 5.13 Å². The summed E-state index contributed by atoms with van der Waals surface area (Å²) in [6, 6.07) is 0.458. The van der Waals surface area contributed by atoms with Gasteiger partial charge in [0.1, 0.15) is 5.82 Å². The molecule has 1 aromatic rings. The van der Waals surface area contributed by atoms with E-state index >= 15 is 0 Å². The highest BCUT2D eigenvalue weighted by molar-refractivity contribution is 7.09. The van der Waals surface area contributed by atoms with Gasteiger partial charge >= 0.3 is 0 Å². The van der Waals surface area contributed by atoms with E-state index in [1.807, 2.05) is 0 Å². The maximum absolute atomic E-state index is 5.85. The molecule has 0 aromatic carbocycles.